The number of benzene rings is 2. The molecule has 0 saturated heterocycles. The number of hydrogen-bond donors (Lipinski definition) is 2. The summed E-state index contributed by atoms with van der Waals surface area (Å²) < 4.78 is 58.3. The molecule has 27 heavy (non-hydrogen) atoms. The van der Waals surface area contributed by atoms with Gasteiger partial charge in [0.15, 0.2) is 5.82 Å². The Morgan fingerprint density at radius 1 is 1.26 bits per heavy atom. The number of nitrogens with zero attached hydrogens (tertiary/aromatic N) is 2. The fourth-order valence-corrected chi connectivity index (χ4v) is 4.49. The van der Waals surface area contributed by atoms with Crippen LogP contribution < -0.4 is 10.0 Å². The highest BCUT2D eigenvalue weighted by Gasteiger charge is 2.36. The fraction of sp³-hybridized carbons (Fsp3) is 0.235. The van der Waals surface area contributed by atoms with Crippen LogP contribution in [0.15, 0.2) is 30.6 Å². The van der Waals surface area contributed by atoms with Crippen LogP contribution in [0.5, 0.6) is 0 Å². The Bertz CT molecular complexity index is 1160. The zero-order valence-corrected chi connectivity index (χ0v) is 17.1. The van der Waals surface area contributed by atoms with Gasteiger partial charge in [-0.3, -0.25) is 4.72 Å². The highest BCUT2D eigenvalue weighted by Crippen LogP contribution is 2.37. The molecular formula is C17H15F2IN4O2S. The molecule has 142 valence electrons. The van der Waals surface area contributed by atoms with Gasteiger partial charge in [0.25, 0.3) is 0 Å². The second-order valence-electron chi connectivity index (χ2n) is 6.44. The van der Waals surface area contributed by atoms with Crippen molar-refractivity contribution in [2.75, 3.05) is 10.0 Å². The van der Waals surface area contributed by atoms with Crippen LogP contribution in [0.4, 0.5) is 25.8 Å². The largest absolute Gasteiger partial charge is 0.351 e. The van der Waals surface area contributed by atoms with Gasteiger partial charge in [0, 0.05) is 16.3 Å². The zero-order chi connectivity index (χ0) is 19.3. The Kier molecular flexibility index (Phi) is 4.49. The summed E-state index contributed by atoms with van der Waals surface area (Å²) in [4.78, 5) is 4.03. The molecule has 4 rings (SSSR count). The van der Waals surface area contributed by atoms with Gasteiger partial charge in [-0.1, -0.05) is 0 Å². The van der Waals surface area contributed by atoms with E-state index in [0.717, 1.165) is 0 Å². The van der Waals surface area contributed by atoms with E-state index in [1.54, 1.807) is 23.7 Å². The van der Waals surface area contributed by atoms with Crippen LogP contribution in [0, 0.1) is 15.2 Å². The van der Waals surface area contributed by atoms with E-state index in [9.17, 15) is 12.8 Å². The van der Waals surface area contributed by atoms with E-state index < -0.39 is 26.9 Å². The predicted molar refractivity (Wildman–Crippen MR) is 109 cm³/mol. The summed E-state index contributed by atoms with van der Waals surface area (Å²) in [5, 5.41) is 2.33. The van der Waals surface area contributed by atoms with Crippen molar-refractivity contribution < 1.29 is 17.2 Å². The minimum atomic E-state index is -3.61. The maximum atomic E-state index is 15.1. The van der Waals surface area contributed by atoms with Crippen molar-refractivity contribution >= 4 is 60.7 Å². The van der Waals surface area contributed by atoms with Gasteiger partial charge in [0.05, 0.1) is 22.8 Å². The molecule has 1 aliphatic rings. The molecule has 1 aromatic heterocycles. The predicted octanol–water partition coefficient (Wildman–Crippen LogP) is 4.10. The van der Waals surface area contributed by atoms with Crippen molar-refractivity contribution in [3.63, 3.8) is 0 Å². The van der Waals surface area contributed by atoms with Gasteiger partial charge in [-0.25, -0.2) is 22.2 Å². The Morgan fingerprint density at radius 3 is 2.67 bits per heavy atom. The standard InChI is InChI=1S/C17H15F2IN4O2S/c1-24-8-21-17-14(24)7-13(23-27(25,26)10-3-4-10)16(15(17)19)22-9-2-5-12(20)11(18)6-9/h2,5-8,10,22-23H,3-4H2,1H3. The summed E-state index contributed by atoms with van der Waals surface area (Å²) in [5.74, 6) is -1.17. The SMILES string of the molecule is Cn1cnc2c(F)c(Nc3ccc(I)c(F)c3)c(NS(=O)(=O)C3CC3)cc21. The van der Waals surface area contributed by atoms with Crippen LogP contribution in [-0.4, -0.2) is 23.2 Å². The Balaban J connectivity index is 1.84. The van der Waals surface area contributed by atoms with Crippen LogP contribution >= 0.6 is 22.6 Å². The molecule has 2 N–H and O–H groups in total. The molecule has 0 aliphatic heterocycles. The lowest BCUT2D eigenvalue weighted by molar-refractivity contribution is 0.600. The monoisotopic (exact) mass is 504 g/mol. The molecule has 0 atom stereocenters. The molecule has 10 heteroatoms. The number of halogens is 3. The summed E-state index contributed by atoms with van der Waals surface area (Å²) in [6.07, 6.45) is 2.61. The van der Waals surface area contributed by atoms with Crippen LogP contribution in [0.25, 0.3) is 11.0 Å². The minimum Gasteiger partial charge on any atom is -0.351 e. The number of hydrogen-bond acceptors (Lipinski definition) is 4. The molecule has 0 radical (unpaired) electrons. The van der Waals surface area contributed by atoms with E-state index >= 15 is 4.39 Å². The molecule has 2 aromatic carbocycles. The molecule has 0 bridgehead atoms. The third-order valence-electron chi connectivity index (χ3n) is 4.36. The van der Waals surface area contributed by atoms with Crippen LogP contribution in [0.3, 0.4) is 0 Å². The number of anilines is 3. The normalized spacial score (nSPS) is 14.5. The van der Waals surface area contributed by atoms with Crippen LogP contribution in [0.2, 0.25) is 0 Å². The van der Waals surface area contributed by atoms with Gasteiger partial charge >= 0.3 is 0 Å². The number of nitrogens with one attached hydrogen (secondary N) is 2. The fourth-order valence-electron chi connectivity index (χ4n) is 2.76. The lowest BCUT2D eigenvalue weighted by Gasteiger charge is -2.16. The van der Waals surface area contributed by atoms with Crippen molar-refractivity contribution in [1.29, 1.82) is 0 Å². The molecular weight excluding hydrogens is 489 g/mol. The van der Waals surface area contributed by atoms with E-state index in [4.69, 9.17) is 0 Å². The Labute approximate surface area is 168 Å². The highest BCUT2D eigenvalue weighted by atomic mass is 127. The number of fused-ring (bicyclic) bond motifs is 1. The first-order chi connectivity index (χ1) is 12.8. The van der Waals surface area contributed by atoms with E-state index in [1.807, 2.05) is 22.6 Å². The maximum absolute atomic E-state index is 15.1. The highest BCUT2D eigenvalue weighted by molar-refractivity contribution is 14.1. The third-order valence-corrected chi connectivity index (χ3v) is 7.09. The van der Waals surface area contributed by atoms with E-state index in [0.29, 0.717) is 27.6 Å². The Hall–Kier alpha value is -1.95. The minimum absolute atomic E-state index is 0.0643. The van der Waals surface area contributed by atoms with Gasteiger partial charge in [0.2, 0.25) is 10.0 Å². The molecule has 0 unspecified atom stereocenters. The second-order valence-corrected chi connectivity index (χ2v) is 9.56. The molecule has 1 fully saturated rings. The molecule has 6 nitrogen and oxygen atoms in total. The van der Waals surface area contributed by atoms with Crippen molar-refractivity contribution in [2.24, 2.45) is 7.05 Å². The number of rotatable bonds is 5. The lowest BCUT2D eigenvalue weighted by atomic mass is 10.2. The third kappa shape index (κ3) is 3.47. The topological polar surface area (TPSA) is 76.0 Å². The first-order valence-corrected chi connectivity index (χ1v) is 10.8. The van der Waals surface area contributed by atoms with Crippen molar-refractivity contribution in [1.82, 2.24) is 9.55 Å². The summed E-state index contributed by atoms with van der Waals surface area (Å²) in [7, 11) is -1.92. The van der Waals surface area contributed by atoms with Gasteiger partial charge < -0.3 is 9.88 Å². The Morgan fingerprint density at radius 2 is 2.00 bits per heavy atom. The number of aryl methyl sites for hydroxylation is 1. The molecule has 0 spiro atoms. The van der Waals surface area contributed by atoms with Gasteiger partial charge in [-0.15, -0.1) is 0 Å². The van der Waals surface area contributed by atoms with E-state index in [-0.39, 0.29) is 16.9 Å². The van der Waals surface area contributed by atoms with Crippen LogP contribution in [-0.2, 0) is 17.1 Å². The summed E-state index contributed by atoms with van der Waals surface area (Å²) in [6.45, 7) is 0. The maximum Gasteiger partial charge on any atom is 0.235 e. The van der Waals surface area contributed by atoms with Crippen molar-refractivity contribution in [3.05, 3.63) is 45.8 Å². The zero-order valence-electron chi connectivity index (χ0n) is 14.1. The van der Waals surface area contributed by atoms with Gasteiger partial charge in [0.1, 0.15) is 17.0 Å². The summed E-state index contributed by atoms with van der Waals surface area (Å²) in [5.41, 5.74) is 0.815. The quantitative estimate of drug-likeness (QED) is 0.514. The average Bonchev–Trinajstić information content (AvgIpc) is 3.40. The molecule has 3 aromatic rings. The number of aromatic nitrogens is 2. The lowest BCUT2D eigenvalue weighted by Crippen LogP contribution is -2.18. The molecule has 0 amide bonds. The van der Waals surface area contributed by atoms with E-state index in [1.165, 1.54) is 18.5 Å². The molecule has 1 saturated carbocycles. The van der Waals surface area contributed by atoms with Gasteiger partial charge in [-0.2, -0.15) is 0 Å². The van der Waals surface area contributed by atoms with Gasteiger partial charge in [-0.05, 0) is 59.7 Å². The summed E-state index contributed by atoms with van der Waals surface area (Å²) >= 11 is 1.85. The second kappa shape index (κ2) is 6.59. The van der Waals surface area contributed by atoms with E-state index in [2.05, 4.69) is 15.0 Å². The average molecular weight is 504 g/mol. The summed E-state index contributed by atoms with van der Waals surface area (Å²) in [6, 6.07) is 5.88. The first kappa shape index (κ1) is 18.4. The number of sulfonamides is 1. The van der Waals surface area contributed by atoms with Crippen molar-refractivity contribution in [3.8, 4) is 0 Å². The molecule has 1 heterocycles. The number of imidazole rings is 1. The first-order valence-electron chi connectivity index (χ1n) is 8.13. The molecule has 1 aliphatic carbocycles. The van der Waals surface area contributed by atoms with Crippen molar-refractivity contribution in [2.45, 2.75) is 18.1 Å². The smallest absolute Gasteiger partial charge is 0.235 e. The van der Waals surface area contributed by atoms with Crippen LogP contribution in [0.1, 0.15) is 12.8 Å².